The van der Waals surface area contributed by atoms with E-state index in [4.69, 9.17) is 4.74 Å². The van der Waals surface area contributed by atoms with Crippen LogP contribution in [0.25, 0.3) is 0 Å². The van der Waals surface area contributed by atoms with Crippen molar-refractivity contribution < 1.29 is 22.6 Å². The Labute approximate surface area is 109 Å². The van der Waals surface area contributed by atoms with Gasteiger partial charge in [-0.05, 0) is 31.4 Å². The molecule has 105 valence electrons. The van der Waals surface area contributed by atoms with E-state index in [0.29, 0.717) is 18.4 Å². The molecule has 0 aliphatic carbocycles. The van der Waals surface area contributed by atoms with Crippen LogP contribution in [0.15, 0.2) is 24.3 Å². The van der Waals surface area contributed by atoms with Crippen LogP contribution in [-0.2, 0) is 0 Å². The molecule has 1 radical (unpaired) electrons. The molecule has 1 atom stereocenters. The molecule has 1 heterocycles. The Bertz CT molecular complexity index is 403. The molecule has 1 aliphatic heterocycles. The van der Waals surface area contributed by atoms with Crippen molar-refractivity contribution >= 4 is 0 Å². The van der Waals surface area contributed by atoms with Gasteiger partial charge in [0.05, 0.1) is 6.61 Å². The molecule has 0 saturated carbocycles. The number of alkyl halides is 3. The molecule has 1 fully saturated rings. The smallest absolute Gasteiger partial charge is 0.493 e. The molecule has 0 amide bonds. The van der Waals surface area contributed by atoms with Crippen molar-refractivity contribution in [3.8, 4) is 11.5 Å². The number of ether oxygens (including phenoxy) is 2. The monoisotopic (exact) mass is 274 g/mol. The molecule has 1 aromatic carbocycles. The first kappa shape index (κ1) is 14.0. The molecule has 0 N–H and O–H groups in total. The van der Waals surface area contributed by atoms with Crippen LogP contribution in [0, 0.1) is 0 Å². The molecule has 0 aromatic heterocycles. The third-order valence-electron chi connectivity index (χ3n) is 2.84. The first-order chi connectivity index (χ1) is 9.03. The second-order valence-corrected chi connectivity index (χ2v) is 4.36. The van der Waals surface area contributed by atoms with Gasteiger partial charge in [0.15, 0.2) is 0 Å². The zero-order valence-corrected chi connectivity index (χ0v) is 10.3. The summed E-state index contributed by atoms with van der Waals surface area (Å²) in [7, 11) is 0. The second-order valence-electron chi connectivity index (χ2n) is 4.36. The maximum Gasteiger partial charge on any atom is 0.573 e. The lowest BCUT2D eigenvalue weighted by atomic mass is 10.2. The molecular formula is C13H15F3NO2. The fourth-order valence-corrected chi connectivity index (χ4v) is 2.00. The maximum absolute atomic E-state index is 12.1. The van der Waals surface area contributed by atoms with E-state index in [0.717, 1.165) is 25.8 Å². The van der Waals surface area contributed by atoms with Gasteiger partial charge in [-0.25, -0.2) is 5.32 Å². The summed E-state index contributed by atoms with van der Waals surface area (Å²) in [5.41, 5.74) is 0. The van der Waals surface area contributed by atoms with Crippen molar-refractivity contribution in [2.24, 2.45) is 0 Å². The highest BCUT2D eigenvalue weighted by molar-refractivity contribution is 5.33. The fraction of sp³-hybridized carbons (Fsp3) is 0.538. The number of benzene rings is 1. The number of rotatable bonds is 5. The van der Waals surface area contributed by atoms with Crippen LogP contribution in [-0.4, -0.2) is 25.6 Å². The molecule has 6 heteroatoms. The van der Waals surface area contributed by atoms with Crippen LogP contribution in [0.4, 0.5) is 13.2 Å². The summed E-state index contributed by atoms with van der Waals surface area (Å²) in [6, 6.07) is 5.88. The summed E-state index contributed by atoms with van der Waals surface area (Å²) >= 11 is 0. The maximum atomic E-state index is 12.1. The standard InChI is InChI=1S/C13H15F3NO2/c14-13(15,16)19-12-5-1-4-11(9-12)18-8-6-10-3-2-7-17-10/h1,4-5,9-10H,2-3,6-8H2. The first-order valence-corrected chi connectivity index (χ1v) is 6.18. The van der Waals surface area contributed by atoms with Gasteiger partial charge in [0.1, 0.15) is 11.5 Å². The average molecular weight is 274 g/mol. The average Bonchev–Trinajstić information content (AvgIpc) is 2.80. The van der Waals surface area contributed by atoms with E-state index in [1.54, 1.807) is 6.07 Å². The molecule has 3 nitrogen and oxygen atoms in total. The van der Waals surface area contributed by atoms with Crippen molar-refractivity contribution in [2.75, 3.05) is 13.2 Å². The van der Waals surface area contributed by atoms with Crippen molar-refractivity contribution in [1.82, 2.24) is 5.32 Å². The minimum absolute atomic E-state index is 0.268. The summed E-state index contributed by atoms with van der Waals surface area (Å²) < 4.78 is 45.4. The van der Waals surface area contributed by atoms with Gasteiger partial charge in [-0.3, -0.25) is 0 Å². The predicted molar refractivity (Wildman–Crippen MR) is 63.3 cm³/mol. The number of hydrogen-bond acceptors (Lipinski definition) is 2. The van der Waals surface area contributed by atoms with Crippen molar-refractivity contribution in [1.29, 1.82) is 0 Å². The van der Waals surface area contributed by atoms with Crippen LogP contribution < -0.4 is 14.8 Å². The minimum Gasteiger partial charge on any atom is -0.493 e. The highest BCUT2D eigenvalue weighted by atomic mass is 19.4. The van der Waals surface area contributed by atoms with E-state index in [9.17, 15) is 13.2 Å². The van der Waals surface area contributed by atoms with E-state index < -0.39 is 6.36 Å². The summed E-state index contributed by atoms with van der Waals surface area (Å²) in [5, 5.41) is 4.38. The molecule has 0 spiro atoms. The summed E-state index contributed by atoms with van der Waals surface area (Å²) in [6.07, 6.45) is -1.70. The number of nitrogens with zero attached hydrogens (tertiary/aromatic N) is 1. The van der Waals surface area contributed by atoms with Crippen LogP contribution in [0.3, 0.4) is 0 Å². The van der Waals surface area contributed by atoms with E-state index >= 15 is 0 Å². The van der Waals surface area contributed by atoms with Gasteiger partial charge in [0, 0.05) is 18.7 Å². The van der Waals surface area contributed by atoms with Gasteiger partial charge in [-0.15, -0.1) is 13.2 Å². The summed E-state index contributed by atoms with van der Waals surface area (Å²) in [6.45, 7) is 1.35. The molecule has 1 aliphatic rings. The van der Waals surface area contributed by atoms with Gasteiger partial charge < -0.3 is 9.47 Å². The van der Waals surface area contributed by atoms with Crippen LogP contribution >= 0.6 is 0 Å². The Hall–Kier alpha value is -1.43. The summed E-state index contributed by atoms with van der Waals surface area (Å²) in [4.78, 5) is 0. The van der Waals surface area contributed by atoms with E-state index in [1.165, 1.54) is 18.2 Å². The Kier molecular flexibility index (Phi) is 4.52. The molecule has 1 saturated heterocycles. The van der Waals surface area contributed by atoms with Crippen LogP contribution in [0.2, 0.25) is 0 Å². The minimum atomic E-state index is -4.68. The van der Waals surface area contributed by atoms with Gasteiger partial charge in [-0.1, -0.05) is 6.07 Å². The highest BCUT2D eigenvalue weighted by Crippen LogP contribution is 2.26. The lowest BCUT2D eigenvalue weighted by molar-refractivity contribution is -0.274. The molecule has 1 unspecified atom stereocenters. The lowest BCUT2D eigenvalue weighted by Crippen LogP contribution is -2.18. The third kappa shape index (κ3) is 4.98. The highest BCUT2D eigenvalue weighted by Gasteiger charge is 2.31. The molecule has 19 heavy (non-hydrogen) atoms. The summed E-state index contributed by atoms with van der Waals surface area (Å²) in [5.74, 6) is 0.107. The Morgan fingerprint density at radius 2 is 2.05 bits per heavy atom. The van der Waals surface area contributed by atoms with Gasteiger partial charge in [0.25, 0.3) is 0 Å². The van der Waals surface area contributed by atoms with Gasteiger partial charge >= 0.3 is 6.36 Å². The molecule has 2 rings (SSSR count). The quantitative estimate of drug-likeness (QED) is 0.826. The Balaban J connectivity index is 1.81. The van der Waals surface area contributed by atoms with Gasteiger partial charge in [0.2, 0.25) is 0 Å². The van der Waals surface area contributed by atoms with Crippen molar-refractivity contribution in [2.45, 2.75) is 31.7 Å². The normalized spacial score (nSPS) is 19.4. The first-order valence-electron chi connectivity index (χ1n) is 6.18. The van der Waals surface area contributed by atoms with E-state index in [-0.39, 0.29) is 5.75 Å². The number of hydrogen-bond donors (Lipinski definition) is 0. The van der Waals surface area contributed by atoms with Crippen molar-refractivity contribution in [3.63, 3.8) is 0 Å². The molecule has 1 aromatic rings. The molecular weight excluding hydrogens is 259 g/mol. The SMILES string of the molecule is FC(F)(F)Oc1cccc(OCCC2CCC[N]2)c1. The van der Waals surface area contributed by atoms with Crippen LogP contribution in [0.1, 0.15) is 19.3 Å². The molecule has 0 bridgehead atoms. The lowest BCUT2D eigenvalue weighted by Gasteiger charge is -2.12. The van der Waals surface area contributed by atoms with Crippen LogP contribution in [0.5, 0.6) is 11.5 Å². The van der Waals surface area contributed by atoms with E-state index in [1.807, 2.05) is 0 Å². The van der Waals surface area contributed by atoms with Crippen molar-refractivity contribution in [3.05, 3.63) is 24.3 Å². The van der Waals surface area contributed by atoms with Gasteiger partial charge in [-0.2, -0.15) is 0 Å². The zero-order valence-electron chi connectivity index (χ0n) is 10.3. The second kappa shape index (κ2) is 6.14. The topological polar surface area (TPSA) is 32.6 Å². The largest absolute Gasteiger partial charge is 0.573 e. The fourth-order valence-electron chi connectivity index (χ4n) is 2.00. The Morgan fingerprint density at radius 1 is 1.26 bits per heavy atom. The predicted octanol–water partition coefficient (Wildman–Crippen LogP) is 3.12. The van der Waals surface area contributed by atoms with E-state index in [2.05, 4.69) is 10.1 Å². The number of halogens is 3. The zero-order chi connectivity index (χ0) is 13.7. The third-order valence-corrected chi connectivity index (χ3v) is 2.84. The Morgan fingerprint density at radius 3 is 2.74 bits per heavy atom.